The average molecular weight is 674 g/mol. The number of carbonyl (C=O) groups is 1. The first-order chi connectivity index (χ1) is 23.2. The third kappa shape index (κ3) is 7.94. The fourth-order valence-corrected chi connectivity index (χ4v) is 8.29. The molecule has 256 valence electrons. The molecule has 0 spiro atoms. The Labute approximate surface area is 283 Å². The molecule has 4 aromatic rings. The summed E-state index contributed by atoms with van der Waals surface area (Å²) in [5, 5.41) is 11.0. The van der Waals surface area contributed by atoms with E-state index in [1.54, 1.807) is 6.07 Å². The van der Waals surface area contributed by atoms with Crippen molar-refractivity contribution in [3.8, 4) is 17.0 Å². The van der Waals surface area contributed by atoms with Crippen LogP contribution < -0.4 is 9.46 Å². The number of aromatic nitrogens is 1. The van der Waals surface area contributed by atoms with Crippen LogP contribution in [-0.2, 0) is 27.8 Å². The van der Waals surface area contributed by atoms with E-state index in [2.05, 4.69) is 27.2 Å². The predicted octanol–water partition coefficient (Wildman–Crippen LogP) is 6.58. The second kappa shape index (κ2) is 15.2. The molecule has 1 aromatic heterocycles. The van der Waals surface area contributed by atoms with E-state index >= 15 is 0 Å². The molecule has 0 bridgehead atoms. The number of hydrogen-bond donors (Lipinski definition) is 2. The number of sulfonamides is 1. The van der Waals surface area contributed by atoms with Gasteiger partial charge in [-0.3, -0.25) is 0 Å². The first-order valence-electron chi connectivity index (χ1n) is 17.1. The molecule has 1 aliphatic carbocycles. The molecule has 6 rings (SSSR count). The molecule has 0 saturated heterocycles. The highest BCUT2D eigenvalue weighted by molar-refractivity contribution is 7.89. The Morgan fingerprint density at radius 2 is 1.83 bits per heavy atom. The highest BCUT2D eigenvalue weighted by Crippen LogP contribution is 2.48. The molecule has 0 unspecified atom stereocenters. The Hall–Kier alpha value is -3.70. The number of carboxylic acids is 1. The van der Waals surface area contributed by atoms with E-state index in [0.29, 0.717) is 51.7 Å². The molecule has 1 saturated carbocycles. The normalized spacial score (nSPS) is 17.0. The summed E-state index contributed by atoms with van der Waals surface area (Å²) in [6.07, 6.45) is 6.11. The van der Waals surface area contributed by atoms with Gasteiger partial charge in [0.1, 0.15) is 18.5 Å². The highest BCUT2D eigenvalue weighted by atomic mass is 32.2. The zero-order valence-electron chi connectivity index (χ0n) is 28.0. The van der Waals surface area contributed by atoms with Crippen LogP contribution in [0.2, 0.25) is 0 Å². The topological polar surface area (TPSA) is 110 Å². The predicted molar refractivity (Wildman–Crippen MR) is 189 cm³/mol. The molecule has 1 aliphatic heterocycles. The fraction of sp³-hybridized carbons (Fsp3) is 0.447. The van der Waals surface area contributed by atoms with Crippen LogP contribution in [-0.4, -0.2) is 74.2 Å². The van der Waals surface area contributed by atoms with Gasteiger partial charge in [-0.15, -0.1) is 0 Å². The number of aryl methyl sites for hydroxylation is 1. The van der Waals surface area contributed by atoms with Crippen molar-refractivity contribution in [2.24, 2.45) is 0 Å². The number of hydrogen-bond acceptors (Lipinski definition) is 6. The van der Waals surface area contributed by atoms with Crippen LogP contribution in [0.25, 0.3) is 22.2 Å². The number of carboxylic acid groups (broad SMARTS) is 1. The van der Waals surface area contributed by atoms with Crippen molar-refractivity contribution >= 4 is 26.9 Å². The molecular weight excluding hydrogens is 626 g/mol. The lowest BCUT2D eigenvalue weighted by atomic mass is 9.81. The summed E-state index contributed by atoms with van der Waals surface area (Å²) in [5.41, 5.74) is 6.77. The second-order valence-electron chi connectivity index (χ2n) is 13.3. The Kier molecular flexibility index (Phi) is 10.9. The Bertz CT molecular complexity index is 1830. The molecule has 2 N–H and O–H groups in total. The van der Waals surface area contributed by atoms with E-state index in [1.165, 1.54) is 24.8 Å². The SMILES string of the molecule is Cc1cccc2c1-c1c(C3CCCCC3)c3ccc(C(=O)O)cc3n1C[C@H](OCCN(C)CCCS(=O)(=O)NCc1ccccc1)CO2. The Morgan fingerprint density at radius 3 is 2.60 bits per heavy atom. The van der Waals surface area contributed by atoms with E-state index in [9.17, 15) is 18.3 Å². The van der Waals surface area contributed by atoms with Crippen molar-refractivity contribution in [1.29, 1.82) is 0 Å². The van der Waals surface area contributed by atoms with Gasteiger partial charge in [-0.05, 0) is 80.6 Å². The van der Waals surface area contributed by atoms with Crippen LogP contribution in [0, 0.1) is 6.92 Å². The summed E-state index contributed by atoms with van der Waals surface area (Å²) in [6, 6.07) is 21.2. The van der Waals surface area contributed by atoms with Crippen molar-refractivity contribution in [2.75, 3.05) is 39.1 Å². The van der Waals surface area contributed by atoms with Gasteiger partial charge < -0.3 is 24.0 Å². The monoisotopic (exact) mass is 673 g/mol. The van der Waals surface area contributed by atoms with Crippen molar-refractivity contribution in [3.05, 3.63) is 89.0 Å². The lowest BCUT2D eigenvalue weighted by Crippen LogP contribution is -2.33. The maximum atomic E-state index is 12.5. The van der Waals surface area contributed by atoms with Crippen LogP contribution in [0.5, 0.6) is 5.75 Å². The standard InChI is InChI=1S/C38H47N3O6S/c1-27-11-9-16-34-35(27)37-36(29-14-7-4-8-15-29)32-18-17-30(38(42)43)23-33(32)41(37)25-31(26-47-34)46-21-20-40(2)19-10-22-48(44,45)39-24-28-12-5-3-6-13-28/h3,5-6,9,11-13,16-18,23,29,31,39H,4,7-8,10,14-15,19-22,24-26H2,1-2H3,(H,42,43)/t31-/m0/s1. The van der Waals surface area contributed by atoms with Crippen LogP contribution in [0.15, 0.2) is 66.7 Å². The molecule has 48 heavy (non-hydrogen) atoms. The van der Waals surface area contributed by atoms with E-state index in [-0.39, 0.29) is 17.4 Å². The number of nitrogens with one attached hydrogen (secondary N) is 1. The van der Waals surface area contributed by atoms with Gasteiger partial charge in [0.2, 0.25) is 10.0 Å². The molecule has 10 heteroatoms. The highest BCUT2D eigenvalue weighted by Gasteiger charge is 2.31. The Balaban J connectivity index is 1.17. The first-order valence-corrected chi connectivity index (χ1v) is 18.8. The second-order valence-corrected chi connectivity index (χ2v) is 15.2. The summed E-state index contributed by atoms with van der Waals surface area (Å²) >= 11 is 0. The molecule has 2 aliphatic rings. The molecule has 1 fully saturated rings. The molecule has 0 amide bonds. The molecule has 9 nitrogen and oxygen atoms in total. The average Bonchev–Trinajstić information content (AvgIpc) is 3.38. The largest absolute Gasteiger partial charge is 0.490 e. The Morgan fingerprint density at radius 1 is 1.04 bits per heavy atom. The maximum absolute atomic E-state index is 12.5. The summed E-state index contributed by atoms with van der Waals surface area (Å²) in [4.78, 5) is 14.2. The number of nitrogens with zero attached hydrogens (tertiary/aromatic N) is 2. The summed E-state index contributed by atoms with van der Waals surface area (Å²) in [6.45, 7) is 5.02. The summed E-state index contributed by atoms with van der Waals surface area (Å²) in [5.74, 6) is 0.339. The number of ether oxygens (including phenoxy) is 2. The molecule has 2 heterocycles. The van der Waals surface area contributed by atoms with Gasteiger partial charge in [0.15, 0.2) is 0 Å². The number of rotatable bonds is 13. The van der Waals surface area contributed by atoms with E-state index < -0.39 is 16.0 Å². The van der Waals surface area contributed by atoms with Crippen LogP contribution in [0.1, 0.15) is 71.5 Å². The molecular formula is C38H47N3O6S. The third-order valence-electron chi connectivity index (χ3n) is 9.76. The number of aromatic carboxylic acids is 1. The zero-order chi connectivity index (χ0) is 33.7. The van der Waals surface area contributed by atoms with Gasteiger partial charge in [-0.2, -0.15) is 0 Å². The van der Waals surface area contributed by atoms with Crippen LogP contribution >= 0.6 is 0 Å². The smallest absolute Gasteiger partial charge is 0.335 e. The number of fused-ring (bicyclic) bond motifs is 5. The molecule has 1 atom stereocenters. The van der Waals surface area contributed by atoms with Gasteiger partial charge in [0.25, 0.3) is 0 Å². The van der Waals surface area contributed by atoms with Crippen molar-refractivity contribution in [2.45, 2.75) is 70.6 Å². The van der Waals surface area contributed by atoms with Crippen LogP contribution in [0.3, 0.4) is 0 Å². The van der Waals surface area contributed by atoms with Crippen molar-refractivity contribution < 1.29 is 27.8 Å². The third-order valence-corrected chi connectivity index (χ3v) is 11.2. The van der Waals surface area contributed by atoms with E-state index in [4.69, 9.17) is 9.47 Å². The van der Waals surface area contributed by atoms with Gasteiger partial charge in [-0.25, -0.2) is 17.9 Å². The van der Waals surface area contributed by atoms with Gasteiger partial charge >= 0.3 is 5.97 Å². The summed E-state index contributed by atoms with van der Waals surface area (Å²) in [7, 11) is -1.40. The quantitative estimate of drug-likeness (QED) is 0.165. The molecule has 3 aromatic carbocycles. The minimum absolute atomic E-state index is 0.0610. The van der Waals surface area contributed by atoms with Gasteiger partial charge in [-0.1, -0.05) is 67.8 Å². The van der Waals surface area contributed by atoms with E-state index in [0.717, 1.165) is 51.9 Å². The lowest BCUT2D eigenvalue weighted by molar-refractivity contribution is 0.00237. The fourth-order valence-electron chi connectivity index (χ4n) is 7.25. The maximum Gasteiger partial charge on any atom is 0.335 e. The minimum atomic E-state index is -3.37. The van der Waals surface area contributed by atoms with Crippen molar-refractivity contribution in [1.82, 2.24) is 14.2 Å². The lowest BCUT2D eigenvalue weighted by Gasteiger charge is -2.29. The molecule has 0 radical (unpaired) electrons. The van der Waals surface area contributed by atoms with Gasteiger partial charge in [0, 0.05) is 29.6 Å². The van der Waals surface area contributed by atoms with E-state index in [1.807, 2.05) is 61.6 Å². The minimum Gasteiger partial charge on any atom is -0.490 e. The number of benzene rings is 3. The zero-order valence-corrected chi connectivity index (χ0v) is 28.8. The number of likely N-dealkylation sites (N-methyl/N-ethyl adjacent to an activating group) is 1. The summed E-state index contributed by atoms with van der Waals surface area (Å²) < 4.78 is 43.0. The van der Waals surface area contributed by atoms with Gasteiger partial charge in [0.05, 0.1) is 30.2 Å². The first kappa shape index (κ1) is 34.2. The van der Waals surface area contributed by atoms with Crippen molar-refractivity contribution in [3.63, 3.8) is 0 Å². The van der Waals surface area contributed by atoms with Crippen LogP contribution in [0.4, 0.5) is 0 Å².